The molecule has 0 unspecified atom stereocenters. The molecular formula is C19H24N4S. The smallest absolute Gasteiger partial charge is 0.147 e. The molecule has 1 saturated heterocycles. The van der Waals surface area contributed by atoms with Crippen molar-refractivity contribution in [2.75, 3.05) is 18.0 Å². The molecule has 1 saturated carbocycles. The molecular weight excluding hydrogens is 316 g/mol. The SMILES string of the molecule is N[C@H]1CCCC12CCN(c1cnc(Sc3ccccc3)cn1)CC2. The lowest BCUT2D eigenvalue weighted by Crippen LogP contribution is -2.47. The van der Waals surface area contributed by atoms with E-state index in [0.29, 0.717) is 11.5 Å². The monoisotopic (exact) mass is 340 g/mol. The largest absolute Gasteiger partial charge is 0.355 e. The minimum absolute atomic E-state index is 0.396. The first-order valence-corrected chi connectivity index (χ1v) is 9.62. The summed E-state index contributed by atoms with van der Waals surface area (Å²) in [6.07, 6.45) is 9.99. The average Bonchev–Trinajstić information content (AvgIpc) is 2.98. The van der Waals surface area contributed by atoms with Crippen molar-refractivity contribution in [3.8, 4) is 0 Å². The Morgan fingerprint density at radius 1 is 1.04 bits per heavy atom. The van der Waals surface area contributed by atoms with Crippen LogP contribution in [-0.4, -0.2) is 29.1 Å². The summed E-state index contributed by atoms with van der Waals surface area (Å²) in [5, 5.41) is 0.941. The molecule has 2 aliphatic rings. The quantitative estimate of drug-likeness (QED) is 0.923. The average molecular weight is 340 g/mol. The number of nitrogens with two attached hydrogens (primary N) is 1. The van der Waals surface area contributed by atoms with Crippen molar-refractivity contribution in [3.05, 3.63) is 42.7 Å². The van der Waals surface area contributed by atoms with E-state index in [2.05, 4.69) is 27.0 Å². The van der Waals surface area contributed by atoms with Gasteiger partial charge in [-0.15, -0.1) is 0 Å². The van der Waals surface area contributed by atoms with Gasteiger partial charge in [0.05, 0.1) is 12.4 Å². The Labute approximate surface area is 147 Å². The summed E-state index contributed by atoms with van der Waals surface area (Å²) in [4.78, 5) is 12.8. The zero-order valence-electron chi connectivity index (χ0n) is 13.9. The molecule has 2 N–H and O–H groups in total. The first-order chi connectivity index (χ1) is 11.8. The number of hydrogen-bond donors (Lipinski definition) is 1. The van der Waals surface area contributed by atoms with Crippen molar-refractivity contribution < 1.29 is 0 Å². The van der Waals surface area contributed by atoms with Crippen LogP contribution in [0.3, 0.4) is 0 Å². The van der Waals surface area contributed by atoms with Crippen LogP contribution in [0.2, 0.25) is 0 Å². The van der Waals surface area contributed by atoms with E-state index in [1.54, 1.807) is 11.8 Å². The van der Waals surface area contributed by atoms with Crippen LogP contribution in [0.15, 0.2) is 52.6 Å². The van der Waals surface area contributed by atoms with Crippen molar-refractivity contribution in [3.63, 3.8) is 0 Å². The van der Waals surface area contributed by atoms with E-state index in [1.807, 2.05) is 30.6 Å². The minimum Gasteiger partial charge on any atom is -0.355 e. The highest BCUT2D eigenvalue weighted by molar-refractivity contribution is 7.99. The zero-order valence-corrected chi connectivity index (χ0v) is 14.7. The molecule has 2 fully saturated rings. The first kappa shape index (κ1) is 15.9. The minimum atomic E-state index is 0.396. The van der Waals surface area contributed by atoms with Gasteiger partial charge >= 0.3 is 0 Å². The summed E-state index contributed by atoms with van der Waals surface area (Å²) in [7, 11) is 0. The van der Waals surface area contributed by atoms with E-state index in [1.165, 1.54) is 37.0 Å². The van der Waals surface area contributed by atoms with Crippen molar-refractivity contribution in [1.82, 2.24) is 9.97 Å². The first-order valence-electron chi connectivity index (χ1n) is 8.81. The second-order valence-corrected chi connectivity index (χ2v) is 8.07. The number of nitrogens with zero attached hydrogens (tertiary/aromatic N) is 3. The van der Waals surface area contributed by atoms with Gasteiger partial charge in [-0.2, -0.15) is 0 Å². The van der Waals surface area contributed by atoms with E-state index in [0.717, 1.165) is 23.9 Å². The van der Waals surface area contributed by atoms with E-state index in [4.69, 9.17) is 5.73 Å². The van der Waals surface area contributed by atoms with Crippen molar-refractivity contribution in [2.45, 2.75) is 48.1 Å². The Hall–Kier alpha value is -1.59. The lowest BCUT2D eigenvalue weighted by molar-refractivity contribution is 0.197. The molecule has 1 spiro atoms. The molecule has 4 nitrogen and oxygen atoms in total. The molecule has 1 aromatic carbocycles. The summed E-state index contributed by atoms with van der Waals surface area (Å²) in [6, 6.07) is 10.7. The van der Waals surface area contributed by atoms with Crippen LogP contribution in [-0.2, 0) is 0 Å². The standard InChI is InChI=1S/C19H24N4S/c20-16-7-4-8-19(16)9-11-23(12-10-19)17-13-22-18(14-21-17)24-15-5-2-1-3-6-15/h1-3,5-6,13-14,16H,4,7-12,20H2/t16-/m0/s1. The topological polar surface area (TPSA) is 55.0 Å². The van der Waals surface area contributed by atoms with Gasteiger partial charge in [-0.3, -0.25) is 0 Å². The van der Waals surface area contributed by atoms with E-state index < -0.39 is 0 Å². The maximum atomic E-state index is 6.37. The number of benzene rings is 1. The summed E-state index contributed by atoms with van der Waals surface area (Å²) >= 11 is 1.65. The van der Waals surface area contributed by atoms with Gasteiger partial charge in [0.1, 0.15) is 10.8 Å². The third kappa shape index (κ3) is 3.15. The van der Waals surface area contributed by atoms with Crippen LogP contribution in [0, 0.1) is 5.41 Å². The van der Waals surface area contributed by atoms with Gasteiger partial charge in [-0.25, -0.2) is 9.97 Å². The fraction of sp³-hybridized carbons (Fsp3) is 0.474. The zero-order chi connectivity index (χ0) is 16.4. The molecule has 1 aliphatic carbocycles. The van der Waals surface area contributed by atoms with Gasteiger partial charge in [0, 0.05) is 24.0 Å². The van der Waals surface area contributed by atoms with Crippen LogP contribution in [0.4, 0.5) is 5.82 Å². The van der Waals surface area contributed by atoms with Crippen molar-refractivity contribution >= 4 is 17.6 Å². The highest BCUT2D eigenvalue weighted by Gasteiger charge is 2.42. The highest BCUT2D eigenvalue weighted by Crippen LogP contribution is 2.45. The number of piperidine rings is 1. The van der Waals surface area contributed by atoms with Crippen LogP contribution < -0.4 is 10.6 Å². The fourth-order valence-corrected chi connectivity index (χ4v) is 4.85. The lowest BCUT2D eigenvalue weighted by Gasteiger charge is -2.42. The van der Waals surface area contributed by atoms with Gasteiger partial charge in [-0.1, -0.05) is 36.4 Å². The predicted octanol–water partition coefficient (Wildman–Crippen LogP) is 3.73. The summed E-state index contributed by atoms with van der Waals surface area (Å²) in [5.41, 5.74) is 6.77. The molecule has 0 radical (unpaired) electrons. The molecule has 1 aromatic heterocycles. The second-order valence-electron chi connectivity index (χ2n) is 6.98. The number of anilines is 1. The predicted molar refractivity (Wildman–Crippen MR) is 98.3 cm³/mol. The molecule has 5 heteroatoms. The molecule has 2 heterocycles. The molecule has 1 atom stereocenters. The van der Waals surface area contributed by atoms with Crippen LogP contribution in [0.5, 0.6) is 0 Å². The van der Waals surface area contributed by atoms with E-state index in [-0.39, 0.29) is 0 Å². The number of aromatic nitrogens is 2. The summed E-state index contributed by atoms with van der Waals surface area (Å²) < 4.78 is 0. The normalized spacial score (nSPS) is 22.9. The second kappa shape index (κ2) is 6.73. The maximum absolute atomic E-state index is 6.37. The summed E-state index contributed by atoms with van der Waals surface area (Å²) in [6.45, 7) is 2.10. The van der Waals surface area contributed by atoms with E-state index >= 15 is 0 Å². The summed E-state index contributed by atoms with van der Waals surface area (Å²) in [5.74, 6) is 0.994. The third-order valence-electron chi connectivity index (χ3n) is 5.64. The maximum Gasteiger partial charge on any atom is 0.147 e. The Kier molecular flexibility index (Phi) is 4.46. The molecule has 4 rings (SSSR count). The van der Waals surface area contributed by atoms with Crippen molar-refractivity contribution in [2.24, 2.45) is 11.1 Å². The Balaban J connectivity index is 1.39. The molecule has 24 heavy (non-hydrogen) atoms. The third-order valence-corrected chi connectivity index (χ3v) is 6.57. The fourth-order valence-electron chi connectivity index (χ4n) is 4.10. The van der Waals surface area contributed by atoms with Gasteiger partial charge in [-0.05, 0) is 43.2 Å². The molecule has 0 bridgehead atoms. The van der Waals surface area contributed by atoms with E-state index in [9.17, 15) is 0 Å². The number of hydrogen-bond acceptors (Lipinski definition) is 5. The van der Waals surface area contributed by atoms with Crippen molar-refractivity contribution in [1.29, 1.82) is 0 Å². The highest BCUT2D eigenvalue weighted by atomic mass is 32.2. The Morgan fingerprint density at radius 3 is 2.46 bits per heavy atom. The lowest BCUT2D eigenvalue weighted by atomic mass is 9.74. The Bertz CT molecular complexity index is 666. The van der Waals surface area contributed by atoms with Gasteiger partial charge in [0.15, 0.2) is 0 Å². The van der Waals surface area contributed by atoms with Crippen LogP contribution >= 0.6 is 11.8 Å². The Morgan fingerprint density at radius 2 is 1.83 bits per heavy atom. The van der Waals surface area contributed by atoms with Gasteiger partial charge in [0.2, 0.25) is 0 Å². The van der Waals surface area contributed by atoms with Crippen LogP contribution in [0.1, 0.15) is 32.1 Å². The molecule has 0 amide bonds. The number of rotatable bonds is 3. The molecule has 2 aromatic rings. The van der Waals surface area contributed by atoms with Gasteiger partial charge < -0.3 is 10.6 Å². The van der Waals surface area contributed by atoms with Crippen LogP contribution in [0.25, 0.3) is 0 Å². The van der Waals surface area contributed by atoms with Gasteiger partial charge in [0.25, 0.3) is 0 Å². The molecule has 126 valence electrons. The molecule has 1 aliphatic heterocycles.